The van der Waals surface area contributed by atoms with E-state index in [-0.39, 0.29) is 17.8 Å². The van der Waals surface area contributed by atoms with Crippen LogP contribution in [-0.2, 0) is 23.8 Å². The van der Waals surface area contributed by atoms with Gasteiger partial charge in [0.2, 0.25) is 0 Å². The van der Waals surface area contributed by atoms with Crippen molar-refractivity contribution in [2.24, 2.45) is 11.3 Å². The summed E-state index contributed by atoms with van der Waals surface area (Å²) in [5, 5.41) is 0. The van der Waals surface area contributed by atoms with Gasteiger partial charge in [-0.1, -0.05) is 18.6 Å². The molecule has 0 bridgehead atoms. The Bertz CT molecular complexity index is 518. The maximum absolute atomic E-state index is 12.8. The summed E-state index contributed by atoms with van der Waals surface area (Å²) in [4.78, 5) is 25.2. The highest BCUT2D eigenvalue weighted by atomic mass is 16.7. The lowest BCUT2D eigenvalue weighted by atomic mass is 9.72. The average Bonchev–Trinajstić information content (AvgIpc) is 2.79. The molecule has 0 aromatic heterocycles. The third-order valence-corrected chi connectivity index (χ3v) is 4.71. The quantitative estimate of drug-likeness (QED) is 0.452. The van der Waals surface area contributed by atoms with Crippen molar-refractivity contribution in [3.8, 4) is 0 Å². The third-order valence-electron chi connectivity index (χ3n) is 4.71. The number of hydrogen-bond donors (Lipinski definition) is 0. The Morgan fingerprint density at radius 1 is 1.26 bits per heavy atom. The zero-order valence-corrected chi connectivity index (χ0v) is 15.0. The van der Waals surface area contributed by atoms with Crippen molar-refractivity contribution in [1.82, 2.24) is 0 Å². The Labute approximate surface area is 138 Å². The molecule has 0 aromatic carbocycles. The number of ether oxygens (including phenoxy) is 3. The van der Waals surface area contributed by atoms with Crippen molar-refractivity contribution in [2.45, 2.75) is 72.4 Å². The Kier molecular flexibility index (Phi) is 5.02. The van der Waals surface area contributed by atoms with Gasteiger partial charge < -0.3 is 14.2 Å². The Morgan fingerprint density at radius 3 is 2.43 bits per heavy atom. The molecule has 0 N–H and O–H groups in total. The highest BCUT2D eigenvalue weighted by molar-refractivity contribution is 6.06. The lowest BCUT2D eigenvalue weighted by Gasteiger charge is -2.38. The lowest BCUT2D eigenvalue weighted by Crippen LogP contribution is -2.52. The van der Waals surface area contributed by atoms with Gasteiger partial charge in [-0.25, -0.2) is 0 Å². The van der Waals surface area contributed by atoms with E-state index < -0.39 is 23.3 Å². The summed E-state index contributed by atoms with van der Waals surface area (Å²) in [6.07, 6.45) is 2.20. The second-order valence-electron chi connectivity index (χ2n) is 7.60. The fraction of sp³-hybridized carbons (Fsp3) is 0.778. The molecule has 5 nitrogen and oxygen atoms in total. The molecule has 2 heterocycles. The monoisotopic (exact) mass is 324 g/mol. The summed E-state index contributed by atoms with van der Waals surface area (Å²) in [6, 6.07) is 0. The van der Waals surface area contributed by atoms with Crippen LogP contribution in [0.2, 0.25) is 0 Å². The fourth-order valence-corrected chi connectivity index (χ4v) is 3.12. The van der Waals surface area contributed by atoms with Crippen molar-refractivity contribution in [2.75, 3.05) is 6.61 Å². The summed E-state index contributed by atoms with van der Waals surface area (Å²) in [5.74, 6) is -1.43. The van der Waals surface area contributed by atoms with Crippen LogP contribution in [0.5, 0.6) is 0 Å². The van der Waals surface area contributed by atoms with Gasteiger partial charge in [-0.3, -0.25) is 9.59 Å². The number of hydrogen-bond acceptors (Lipinski definition) is 5. The van der Waals surface area contributed by atoms with Crippen molar-refractivity contribution in [3.05, 3.63) is 11.6 Å². The van der Waals surface area contributed by atoms with E-state index in [0.29, 0.717) is 19.4 Å². The summed E-state index contributed by atoms with van der Waals surface area (Å²) in [5.41, 5.74) is -0.000193. The van der Waals surface area contributed by atoms with Crippen LogP contribution in [0.3, 0.4) is 0 Å². The van der Waals surface area contributed by atoms with Crippen molar-refractivity contribution in [3.63, 3.8) is 0 Å². The minimum absolute atomic E-state index is 0.0468. The number of esters is 1. The van der Waals surface area contributed by atoms with Crippen LogP contribution in [-0.4, -0.2) is 36.4 Å². The van der Waals surface area contributed by atoms with Gasteiger partial charge in [0.25, 0.3) is 0 Å². The number of carbonyl (C=O) groups is 2. The minimum Gasteiger partial charge on any atom is -0.461 e. The maximum atomic E-state index is 12.8. The minimum atomic E-state index is -1.08. The molecular weight excluding hydrogens is 296 g/mol. The van der Waals surface area contributed by atoms with Crippen LogP contribution in [0.1, 0.15) is 54.4 Å². The summed E-state index contributed by atoms with van der Waals surface area (Å²) >= 11 is 0. The highest BCUT2D eigenvalue weighted by Gasteiger charge is 2.52. The number of rotatable bonds is 4. The molecule has 0 radical (unpaired) electrons. The molecule has 4 atom stereocenters. The second kappa shape index (κ2) is 6.36. The average molecular weight is 324 g/mol. The molecule has 2 fully saturated rings. The molecule has 0 spiro atoms. The van der Waals surface area contributed by atoms with Gasteiger partial charge in [0.05, 0.1) is 18.6 Å². The largest absolute Gasteiger partial charge is 0.461 e. The van der Waals surface area contributed by atoms with Crippen molar-refractivity contribution < 1.29 is 23.8 Å². The predicted octanol–water partition coefficient (Wildman–Crippen LogP) is 3.02. The molecule has 0 aliphatic carbocycles. The highest BCUT2D eigenvalue weighted by Crippen LogP contribution is 2.38. The fourth-order valence-electron chi connectivity index (χ4n) is 3.12. The molecule has 2 aliphatic heterocycles. The summed E-state index contributed by atoms with van der Waals surface area (Å²) < 4.78 is 16.9. The van der Waals surface area contributed by atoms with E-state index in [9.17, 15) is 9.59 Å². The van der Waals surface area contributed by atoms with Gasteiger partial charge in [-0.05, 0) is 41.0 Å². The van der Waals surface area contributed by atoms with Crippen LogP contribution in [0.25, 0.3) is 0 Å². The Balaban J connectivity index is 2.07. The zero-order valence-electron chi connectivity index (χ0n) is 15.0. The van der Waals surface area contributed by atoms with Gasteiger partial charge in [-0.2, -0.15) is 0 Å². The van der Waals surface area contributed by atoms with Gasteiger partial charge in [-0.15, -0.1) is 0 Å². The zero-order chi connectivity index (χ0) is 17.4. The van der Waals surface area contributed by atoms with E-state index in [4.69, 9.17) is 14.2 Å². The number of cyclic esters (lactones) is 1. The Hall–Kier alpha value is -1.20. The first-order valence-electron chi connectivity index (χ1n) is 8.26. The summed E-state index contributed by atoms with van der Waals surface area (Å²) in [6.45, 7) is 11.6. The number of allylic oxidation sites excluding steroid dienone is 2. The third kappa shape index (κ3) is 3.83. The molecule has 0 amide bonds. The number of Topliss-reactive ketones (excluding diaryl/α,β-unsaturated/α-hetero) is 1. The van der Waals surface area contributed by atoms with Crippen LogP contribution < -0.4 is 0 Å². The van der Waals surface area contributed by atoms with Crippen LogP contribution >= 0.6 is 0 Å². The van der Waals surface area contributed by atoms with Crippen molar-refractivity contribution >= 4 is 11.8 Å². The molecule has 2 saturated heterocycles. The molecule has 0 unspecified atom stereocenters. The second-order valence-corrected chi connectivity index (χ2v) is 7.60. The topological polar surface area (TPSA) is 61.8 Å². The normalized spacial score (nSPS) is 36.7. The van der Waals surface area contributed by atoms with E-state index in [1.165, 1.54) is 0 Å². The Morgan fingerprint density at radius 2 is 1.91 bits per heavy atom. The first-order chi connectivity index (χ1) is 10.5. The first kappa shape index (κ1) is 18.1. The van der Waals surface area contributed by atoms with E-state index in [1.54, 1.807) is 6.92 Å². The standard InChI is InChI=1S/C18H28O5/c1-11(2)7-8-18(6)15(19)12(3)14(22-16(18)20)9-13-10-21-17(4,5)23-13/h7,12-14H,8-10H2,1-6H3/t12-,13+,14-,18+/m1/s1. The smallest absolute Gasteiger partial charge is 0.319 e. The SMILES string of the molecule is CC(C)=CC[C@]1(C)C(=O)O[C@H](C[C@H]2COC(C)(C)O2)[C@@H](C)C1=O. The van der Waals surface area contributed by atoms with Crippen LogP contribution in [0.4, 0.5) is 0 Å². The molecule has 0 saturated carbocycles. The van der Waals surface area contributed by atoms with Gasteiger partial charge >= 0.3 is 5.97 Å². The number of ketones is 1. The van der Waals surface area contributed by atoms with Gasteiger partial charge in [0.15, 0.2) is 11.6 Å². The maximum Gasteiger partial charge on any atom is 0.319 e. The van der Waals surface area contributed by atoms with Crippen LogP contribution in [0, 0.1) is 11.3 Å². The molecule has 2 aliphatic rings. The van der Waals surface area contributed by atoms with E-state index in [1.807, 2.05) is 40.7 Å². The molecule has 2 rings (SSSR count). The molecule has 23 heavy (non-hydrogen) atoms. The molecular formula is C18H28O5. The van der Waals surface area contributed by atoms with Gasteiger partial charge in [0, 0.05) is 6.42 Å². The van der Waals surface area contributed by atoms with E-state index >= 15 is 0 Å². The van der Waals surface area contributed by atoms with Gasteiger partial charge in [0.1, 0.15) is 11.5 Å². The summed E-state index contributed by atoms with van der Waals surface area (Å²) in [7, 11) is 0. The van der Waals surface area contributed by atoms with E-state index in [0.717, 1.165) is 5.57 Å². The molecule has 130 valence electrons. The number of carbonyl (C=O) groups excluding carboxylic acids is 2. The molecule has 5 heteroatoms. The lowest BCUT2D eigenvalue weighted by molar-refractivity contribution is -0.182. The first-order valence-corrected chi connectivity index (χ1v) is 8.26. The molecule has 0 aromatic rings. The van der Waals surface area contributed by atoms with Crippen molar-refractivity contribution in [1.29, 1.82) is 0 Å². The van der Waals surface area contributed by atoms with Crippen LogP contribution in [0.15, 0.2) is 11.6 Å². The van der Waals surface area contributed by atoms with E-state index in [2.05, 4.69) is 0 Å². The predicted molar refractivity (Wildman–Crippen MR) is 85.7 cm³/mol.